The number of benzene rings is 3. The summed E-state index contributed by atoms with van der Waals surface area (Å²) in [6, 6.07) is 12.3. The Bertz CT molecular complexity index is 1190. The number of hydrogen-bond acceptors (Lipinski definition) is 3. The summed E-state index contributed by atoms with van der Waals surface area (Å²) in [5.74, 6) is 0.158. The number of sulfone groups is 1. The second-order valence-corrected chi connectivity index (χ2v) is 10.6. The van der Waals surface area contributed by atoms with Crippen LogP contribution < -0.4 is 4.90 Å². The van der Waals surface area contributed by atoms with Gasteiger partial charge in [0, 0.05) is 30.6 Å². The van der Waals surface area contributed by atoms with Crippen molar-refractivity contribution in [1.29, 1.82) is 0 Å². The summed E-state index contributed by atoms with van der Waals surface area (Å²) < 4.78 is 27.3. The molecule has 0 amide bonds. The van der Waals surface area contributed by atoms with E-state index in [2.05, 4.69) is 36.9 Å². The van der Waals surface area contributed by atoms with Crippen molar-refractivity contribution in [2.24, 2.45) is 0 Å². The molecule has 0 saturated carbocycles. The minimum atomic E-state index is -3.43. The van der Waals surface area contributed by atoms with Gasteiger partial charge in [-0.05, 0) is 86.9 Å². The fraction of sp³-hybridized carbons (Fsp3) is 0.385. The first-order valence-electron chi connectivity index (χ1n) is 10.5. The van der Waals surface area contributed by atoms with Crippen LogP contribution >= 0.6 is 0 Å². The van der Waals surface area contributed by atoms with Crippen molar-refractivity contribution in [3.8, 4) is 0 Å². The third-order valence-corrected chi connectivity index (χ3v) is 8.37. The summed E-state index contributed by atoms with van der Waals surface area (Å²) in [5.41, 5.74) is 7.55. The molecule has 0 bridgehead atoms. The Morgan fingerprint density at radius 3 is 2.03 bits per heavy atom. The van der Waals surface area contributed by atoms with E-state index < -0.39 is 9.84 Å². The average molecular weight is 424 g/mol. The van der Waals surface area contributed by atoms with Crippen LogP contribution in [0.5, 0.6) is 0 Å². The minimum Gasteiger partial charge on any atom is -0.377 e. The Morgan fingerprint density at radius 1 is 0.800 bits per heavy atom. The van der Waals surface area contributed by atoms with Gasteiger partial charge >= 0.3 is 0 Å². The molecule has 0 atom stereocenters. The van der Waals surface area contributed by atoms with Crippen LogP contribution in [0.3, 0.4) is 0 Å². The Balaban J connectivity index is 2.19. The van der Waals surface area contributed by atoms with Crippen LogP contribution in [0.2, 0.25) is 0 Å². The van der Waals surface area contributed by atoms with Crippen LogP contribution in [0, 0.1) is 34.6 Å². The van der Waals surface area contributed by atoms with Crippen LogP contribution in [0.15, 0.2) is 41.3 Å². The lowest BCUT2D eigenvalue weighted by Gasteiger charge is -2.25. The van der Waals surface area contributed by atoms with Crippen LogP contribution in [0.1, 0.15) is 39.8 Å². The van der Waals surface area contributed by atoms with Gasteiger partial charge in [0.2, 0.25) is 0 Å². The van der Waals surface area contributed by atoms with Crippen LogP contribution in [0.25, 0.3) is 10.8 Å². The molecule has 0 saturated heterocycles. The third-order valence-electron chi connectivity index (χ3n) is 6.41. The molecule has 30 heavy (non-hydrogen) atoms. The van der Waals surface area contributed by atoms with Gasteiger partial charge in [-0.1, -0.05) is 30.3 Å². The normalized spacial score (nSPS) is 11.8. The number of rotatable bonds is 6. The molecule has 0 N–H and O–H groups in total. The molecule has 160 valence electrons. The fourth-order valence-corrected chi connectivity index (χ4v) is 6.26. The van der Waals surface area contributed by atoms with Crippen molar-refractivity contribution in [3.05, 3.63) is 69.8 Å². The summed E-state index contributed by atoms with van der Waals surface area (Å²) in [6.07, 6.45) is 1.38. The second-order valence-electron chi connectivity index (χ2n) is 8.59. The molecule has 0 heterocycles. The van der Waals surface area contributed by atoms with Gasteiger partial charge in [-0.2, -0.15) is 0 Å². The minimum absolute atomic E-state index is 0.158. The average Bonchev–Trinajstić information content (AvgIpc) is 2.69. The van der Waals surface area contributed by atoms with Gasteiger partial charge in [0.15, 0.2) is 9.84 Å². The maximum Gasteiger partial charge on any atom is 0.179 e. The third kappa shape index (κ3) is 3.98. The van der Waals surface area contributed by atoms with Gasteiger partial charge < -0.3 is 4.90 Å². The number of nitrogens with zero attached hydrogens (tertiary/aromatic N) is 1. The molecule has 3 nitrogen and oxygen atoms in total. The number of anilines is 1. The number of fused-ring (bicyclic) bond motifs is 1. The zero-order chi connectivity index (χ0) is 22.2. The molecule has 3 aromatic carbocycles. The summed E-state index contributed by atoms with van der Waals surface area (Å²) in [6.45, 7) is 10.2. The van der Waals surface area contributed by atoms with Crippen LogP contribution in [-0.2, 0) is 16.3 Å². The standard InChI is InChI=1S/C26H33NO2S/c1-17-16-23(27(6)7)24-20(4)19(3)21(5)26(25(24)18(17)2)30(28,29)15-11-14-22-12-9-8-10-13-22/h8-10,12-13,16H,11,14-15H2,1-7H3. The summed E-state index contributed by atoms with van der Waals surface area (Å²) in [7, 11) is 0.613. The van der Waals surface area contributed by atoms with Gasteiger partial charge in [-0.3, -0.25) is 0 Å². The Hall–Kier alpha value is -2.33. The summed E-state index contributed by atoms with van der Waals surface area (Å²) in [5, 5.41) is 1.96. The molecule has 0 aliphatic carbocycles. The van der Waals surface area contributed by atoms with E-state index in [9.17, 15) is 8.42 Å². The molecule has 0 aliphatic heterocycles. The van der Waals surface area contributed by atoms with Crippen molar-refractivity contribution in [2.45, 2.75) is 52.4 Å². The van der Waals surface area contributed by atoms with E-state index in [0.717, 1.165) is 50.7 Å². The fourth-order valence-electron chi connectivity index (χ4n) is 4.34. The molecule has 3 rings (SSSR count). The highest BCUT2D eigenvalue weighted by molar-refractivity contribution is 7.91. The Morgan fingerprint density at radius 2 is 1.43 bits per heavy atom. The van der Waals surface area contributed by atoms with E-state index in [1.807, 2.05) is 53.1 Å². The van der Waals surface area contributed by atoms with Gasteiger partial charge in [0.25, 0.3) is 0 Å². The molecule has 0 fully saturated rings. The van der Waals surface area contributed by atoms with E-state index in [-0.39, 0.29) is 5.75 Å². The second kappa shape index (κ2) is 8.43. The SMILES string of the molecule is Cc1cc(N(C)C)c2c(C)c(C)c(C)c(S(=O)(=O)CCCc3ccccc3)c2c1C. The molecule has 0 spiro atoms. The lowest BCUT2D eigenvalue weighted by atomic mass is 9.90. The van der Waals surface area contributed by atoms with Gasteiger partial charge in [0.1, 0.15) is 0 Å². The summed E-state index contributed by atoms with van der Waals surface area (Å²) in [4.78, 5) is 2.61. The predicted molar refractivity (Wildman–Crippen MR) is 129 cm³/mol. The predicted octanol–water partition coefficient (Wildman–Crippen LogP) is 5.85. The Kier molecular flexibility index (Phi) is 6.28. The molecule has 0 unspecified atom stereocenters. The van der Waals surface area contributed by atoms with Crippen LogP contribution in [-0.4, -0.2) is 28.3 Å². The molecule has 3 aromatic rings. The van der Waals surface area contributed by atoms with E-state index in [0.29, 0.717) is 11.3 Å². The zero-order valence-electron chi connectivity index (χ0n) is 19.3. The van der Waals surface area contributed by atoms with Crippen molar-refractivity contribution in [1.82, 2.24) is 0 Å². The van der Waals surface area contributed by atoms with Crippen molar-refractivity contribution in [3.63, 3.8) is 0 Å². The van der Waals surface area contributed by atoms with E-state index in [1.165, 1.54) is 5.56 Å². The largest absolute Gasteiger partial charge is 0.377 e. The topological polar surface area (TPSA) is 37.4 Å². The van der Waals surface area contributed by atoms with E-state index >= 15 is 0 Å². The van der Waals surface area contributed by atoms with Gasteiger partial charge in [-0.25, -0.2) is 8.42 Å². The Labute approximate surface area is 181 Å². The lowest BCUT2D eigenvalue weighted by molar-refractivity contribution is 0.593. The molecule has 0 aliphatic rings. The first kappa shape index (κ1) is 22.4. The maximum absolute atomic E-state index is 13.7. The van der Waals surface area contributed by atoms with E-state index in [4.69, 9.17) is 0 Å². The number of hydrogen-bond donors (Lipinski definition) is 0. The first-order valence-corrected chi connectivity index (χ1v) is 12.2. The molecular formula is C26H33NO2S. The highest BCUT2D eigenvalue weighted by atomic mass is 32.2. The van der Waals surface area contributed by atoms with Gasteiger partial charge in [-0.15, -0.1) is 0 Å². The lowest BCUT2D eigenvalue weighted by Crippen LogP contribution is -2.15. The van der Waals surface area contributed by atoms with Gasteiger partial charge in [0.05, 0.1) is 10.6 Å². The smallest absolute Gasteiger partial charge is 0.179 e. The van der Waals surface area contributed by atoms with Crippen molar-refractivity contribution >= 4 is 26.3 Å². The van der Waals surface area contributed by atoms with Crippen molar-refractivity contribution < 1.29 is 8.42 Å². The highest BCUT2D eigenvalue weighted by Crippen LogP contribution is 2.41. The first-order chi connectivity index (χ1) is 14.1. The quantitative estimate of drug-likeness (QED) is 0.499. The highest BCUT2D eigenvalue weighted by Gasteiger charge is 2.26. The molecule has 4 heteroatoms. The monoisotopic (exact) mass is 423 g/mol. The van der Waals surface area contributed by atoms with Crippen molar-refractivity contribution in [2.75, 3.05) is 24.7 Å². The number of aryl methyl sites for hydroxylation is 4. The molecule has 0 radical (unpaired) electrons. The zero-order valence-corrected chi connectivity index (χ0v) is 20.1. The maximum atomic E-state index is 13.7. The molecular weight excluding hydrogens is 390 g/mol. The van der Waals surface area contributed by atoms with Crippen LogP contribution in [0.4, 0.5) is 5.69 Å². The summed E-state index contributed by atoms with van der Waals surface area (Å²) >= 11 is 0. The molecule has 0 aromatic heterocycles. The van der Waals surface area contributed by atoms with E-state index in [1.54, 1.807) is 0 Å².